The van der Waals surface area contributed by atoms with E-state index in [-0.39, 0.29) is 29.6 Å². The quantitative estimate of drug-likeness (QED) is 0.839. The number of amides is 1. The topological polar surface area (TPSA) is 58.6 Å². The maximum absolute atomic E-state index is 13.1. The molecule has 3 rings (SSSR count). The molecule has 18 heavy (non-hydrogen) atoms. The molecule has 1 amide bonds. The van der Waals surface area contributed by atoms with Gasteiger partial charge in [0, 0.05) is 0 Å². The Labute approximate surface area is 104 Å². The van der Waals surface area contributed by atoms with Crippen molar-refractivity contribution in [2.45, 2.75) is 37.5 Å². The van der Waals surface area contributed by atoms with E-state index in [2.05, 4.69) is 5.32 Å². The van der Waals surface area contributed by atoms with E-state index in [9.17, 15) is 14.3 Å². The zero-order valence-electron chi connectivity index (χ0n) is 9.73. The Bertz CT molecular complexity index is 491. The third-order valence-corrected chi connectivity index (χ3v) is 3.63. The minimum Gasteiger partial charge on any atom is -0.507 e. The van der Waals surface area contributed by atoms with Crippen LogP contribution in [-0.4, -0.2) is 29.3 Å². The van der Waals surface area contributed by atoms with Crippen molar-refractivity contribution in [3.8, 4) is 5.75 Å². The Morgan fingerprint density at radius 3 is 2.94 bits per heavy atom. The molecule has 2 aliphatic heterocycles. The molecule has 0 spiro atoms. The van der Waals surface area contributed by atoms with E-state index in [0.29, 0.717) is 0 Å². The standard InChI is InChI=1S/C13H14FNO3/c14-7-1-3-11(16)9(5-7)13(17)15-10-6-8-2-4-12(10)18-8/h1,3,5,8,10,12,16H,2,4,6H2,(H,15,17). The van der Waals surface area contributed by atoms with Crippen LogP contribution in [0.25, 0.3) is 0 Å². The number of aromatic hydroxyl groups is 1. The molecular weight excluding hydrogens is 237 g/mol. The van der Waals surface area contributed by atoms with E-state index < -0.39 is 11.7 Å². The van der Waals surface area contributed by atoms with Crippen molar-refractivity contribution in [2.75, 3.05) is 0 Å². The molecule has 0 radical (unpaired) electrons. The first kappa shape index (κ1) is 11.5. The lowest BCUT2D eigenvalue weighted by Gasteiger charge is -2.20. The summed E-state index contributed by atoms with van der Waals surface area (Å²) < 4.78 is 18.7. The van der Waals surface area contributed by atoms with Gasteiger partial charge in [0.15, 0.2) is 0 Å². The molecule has 4 nitrogen and oxygen atoms in total. The number of carbonyl (C=O) groups excluding carboxylic acids is 1. The summed E-state index contributed by atoms with van der Waals surface area (Å²) in [4.78, 5) is 12.0. The number of benzene rings is 1. The zero-order valence-corrected chi connectivity index (χ0v) is 9.73. The van der Waals surface area contributed by atoms with E-state index in [1.165, 1.54) is 6.07 Å². The summed E-state index contributed by atoms with van der Waals surface area (Å²) in [5, 5.41) is 12.4. The van der Waals surface area contributed by atoms with Crippen LogP contribution in [0.5, 0.6) is 5.75 Å². The summed E-state index contributed by atoms with van der Waals surface area (Å²) in [5.74, 6) is -1.20. The number of nitrogens with one attached hydrogen (secondary N) is 1. The Morgan fingerprint density at radius 2 is 2.28 bits per heavy atom. The third kappa shape index (κ3) is 1.95. The lowest BCUT2D eigenvalue weighted by atomic mass is 9.95. The fourth-order valence-corrected chi connectivity index (χ4v) is 2.73. The van der Waals surface area contributed by atoms with Gasteiger partial charge < -0.3 is 15.2 Å². The van der Waals surface area contributed by atoms with Gasteiger partial charge in [0.1, 0.15) is 11.6 Å². The van der Waals surface area contributed by atoms with Crippen molar-refractivity contribution >= 4 is 5.91 Å². The van der Waals surface area contributed by atoms with Crippen molar-refractivity contribution < 1.29 is 19.0 Å². The molecule has 0 saturated carbocycles. The zero-order chi connectivity index (χ0) is 12.7. The van der Waals surface area contributed by atoms with Crippen LogP contribution in [0.4, 0.5) is 4.39 Å². The van der Waals surface area contributed by atoms with Crippen LogP contribution in [0.2, 0.25) is 0 Å². The van der Waals surface area contributed by atoms with Crippen molar-refractivity contribution in [3.05, 3.63) is 29.6 Å². The molecule has 0 aromatic heterocycles. The van der Waals surface area contributed by atoms with Crippen LogP contribution in [0, 0.1) is 5.82 Å². The fourth-order valence-electron chi connectivity index (χ4n) is 2.73. The van der Waals surface area contributed by atoms with Gasteiger partial charge in [-0.25, -0.2) is 4.39 Å². The van der Waals surface area contributed by atoms with E-state index in [1.807, 2.05) is 0 Å². The number of halogens is 1. The van der Waals surface area contributed by atoms with Crippen LogP contribution in [0.1, 0.15) is 29.6 Å². The SMILES string of the molecule is O=C(NC1CC2CCC1O2)c1cc(F)ccc1O. The van der Waals surface area contributed by atoms with Gasteiger partial charge in [-0.05, 0) is 37.5 Å². The number of fused-ring (bicyclic) bond motifs is 2. The molecule has 0 aliphatic carbocycles. The molecule has 2 aliphatic rings. The molecule has 1 aromatic carbocycles. The number of carbonyl (C=O) groups is 1. The monoisotopic (exact) mass is 251 g/mol. The van der Waals surface area contributed by atoms with Crippen LogP contribution < -0.4 is 5.32 Å². The van der Waals surface area contributed by atoms with Crippen molar-refractivity contribution in [1.82, 2.24) is 5.32 Å². The minimum atomic E-state index is -0.540. The van der Waals surface area contributed by atoms with Crippen LogP contribution in [0.15, 0.2) is 18.2 Å². The fraction of sp³-hybridized carbons (Fsp3) is 0.462. The lowest BCUT2D eigenvalue weighted by molar-refractivity contribution is 0.0838. The molecule has 1 aromatic rings. The Balaban J connectivity index is 1.73. The highest BCUT2D eigenvalue weighted by atomic mass is 19.1. The molecule has 2 saturated heterocycles. The first-order valence-corrected chi connectivity index (χ1v) is 6.08. The van der Waals surface area contributed by atoms with Crippen molar-refractivity contribution in [3.63, 3.8) is 0 Å². The Kier molecular flexibility index (Phi) is 2.70. The van der Waals surface area contributed by atoms with Gasteiger partial charge in [-0.15, -0.1) is 0 Å². The largest absolute Gasteiger partial charge is 0.507 e. The third-order valence-electron chi connectivity index (χ3n) is 3.63. The summed E-state index contributed by atoms with van der Waals surface area (Å²) >= 11 is 0. The Morgan fingerprint density at radius 1 is 1.44 bits per heavy atom. The summed E-state index contributed by atoms with van der Waals surface area (Å²) in [6.45, 7) is 0. The summed E-state index contributed by atoms with van der Waals surface area (Å²) in [7, 11) is 0. The number of hydrogen-bond donors (Lipinski definition) is 2. The van der Waals surface area contributed by atoms with Gasteiger partial charge in [-0.3, -0.25) is 4.79 Å². The highest BCUT2D eigenvalue weighted by Gasteiger charge is 2.41. The van der Waals surface area contributed by atoms with Crippen LogP contribution >= 0.6 is 0 Å². The number of hydrogen-bond acceptors (Lipinski definition) is 3. The van der Waals surface area contributed by atoms with Crippen molar-refractivity contribution in [2.24, 2.45) is 0 Å². The minimum absolute atomic E-state index is 0.0288. The van der Waals surface area contributed by atoms with Gasteiger partial charge >= 0.3 is 0 Å². The smallest absolute Gasteiger partial charge is 0.255 e. The molecule has 2 N–H and O–H groups in total. The predicted octanol–water partition coefficient (Wildman–Crippen LogP) is 1.58. The summed E-state index contributed by atoms with van der Waals surface area (Å²) in [5.41, 5.74) is -0.0298. The number of phenolic OH excluding ortho intramolecular Hbond substituents is 1. The van der Waals surface area contributed by atoms with Crippen molar-refractivity contribution in [1.29, 1.82) is 0 Å². The second-order valence-electron chi connectivity index (χ2n) is 4.85. The summed E-state index contributed by atoms with van der Waals surface area (Å²) in [6.07, 6.45) is 3.09. The molecule has 5 heteroatoms. The van der Waals surface area contributed by atoms with Gasteiger partial charge in [0.05, 0.1) is 23.8 Å². The predicted molar refractivity (Wildman–Crippen MR) is 61.8 cm³/mol. The highest BCUT2D eigenvalue weighted by molar-refractivity contribution is 5.97. The number of phenols is 1. The van der Waals surface area contributed by atoms with E-state index in [4.69, 9.17) is 4.74 Å². The van der Waals surface area contributed by atoms with Gasteiger partial charge in [0.25, 0.3) is 5.91 Å². The van der Waals surface area contributed by atoms with E-state index in [0.717, 1.165) is 31.4 Å². The molecule has 3 unspecified atom stereocenters. The lowest BCUT2D eigenvalue weighted by Crippen LogP contribution is -2.41. The van der Waals surface area contributed by atoms with E-state index in [1.54, 1.807) is 0 Å². The highest BCUT2D eigenvalue weighted by Crippen LogP contribution is 2.34. The average molecular weight is 251 g/mol. The molecule has 96 valence electrons. The van der Waals surface area contributed by atoms with Crippen LogP contribution in [-0.2, 0) is 4.74 Å². The average Bonchev–Trinajstić information content (AvgIpc) is 2.94. The van der Waals surface area contributed by atoms with Gasteiger partial charge in [0.2, 0.25) is 0 Å². The van der Waals surface area contributed by atoms with Gasteiger partial charge in [-0.2, -0.15) is 0 Å². The Hall–Kier alpha value is -1.62. The first-order chi connectivity index (χ1) is 8.63. The van der Waals surface area contributed by atoms with E-state index >= 15 is 0 Å². The number of ether oxygens (including phenoxy) is 1. The molecule has 3 atom stereocenters. The maximum atomic E-state index is 13.1. The molecule has 2 heterocycles. The number of rotatable bonds is 2. The second-order valence-corrected chi connectivity index (χ2v) is 4.85. The van der Waals surface area contributed by atoms with Crippen LogP contribution in [0.3, 0.4) is 0 Å². The molecular formula is C13H14FNO3. The van der Waals surface area contributed by atoms with Gasteiger partial charge in [-0.1, -0.05) is 0 Å². The normalized spacial score (nSPS) is 29.5. The summed E-state index contributed by atoms with van der Waals surface area (Å²) in [6, 6.07) is 3.31. The maximum Gasteiger partial charge on any atom is 0.255 e. The molecule has 2 bridgehead atoms. The molecule has 2 fully saturated rings. The second kappa shape index (κ2) is 4.24. The first-order valence-electron chi connectivity index (χ1n) is 6.08.